The first-order chi connectivity index (χ1) is 8.54. The lowest BCUT2D eigenvalue weighted by Gasteiger charge is -2.39. The van der Waals surface area contributed by atoms with E-state index in [1.807, 2.05) is 26.0 Å². The molecule has 0 aliphatic heterocycles. The summed E-state index contributed by atoms with van der Waals surface area (Å²) in [6.07, 6.45) is 2.63. The van der Waals surface area contributed by atoms with Gasteiger partial charge in [-0.3, -0.25) is 4.79 Å². The van der Waals surface area contributed by atoms with Crippen LogP contribution in [-0.4, -0.2) is 24.6 Å². The zero-order valence-electron chi connectivity index (χ0n) is 11.2. The molecule has 0 unspecified atom stereocenters. The molecule has 0 heterocycles. The van der Waals surface area contributed by atoms with E-state index in [9.17, 15) is 9.90 Å². The molecule has 0 atom stereocenters. The standard InChI is InChI=1S/C15H20O3/c1-10-8-13(18-3)11(2)7-12(10)14(17)15(9-16)5-4-6-15/h7-8,16H,4-6,9H2,1-3H3. The maximum absolute atomic E-state index is 12.6. The van der Waals surface area contributed by atoms with Gasteiger partial charge < -0.3 is 9.84 Å². The zero-order valence-corrected chi connectivity index (χ0v) is 11.2. The Morgan fingerprint density at radius 2 is 2.00 bits per heavy atom. The van der Waals surface area contributed by atoms with Crippen LogP contribution in [-0.2, 0) is 0 Å². The molecule has 2 rings (SSSR count). The molecular formula is C15H20O3. The number of carbonyl (C=O) groups excluding carboxylic acids is 1. The van der Waals surface area contributed by atoms with E-state index in [1.165, 1.54) is 0 Å². The number of aryl methyl sites for hydroxylation is 2. The summed E-state index contributed by atoms with van der Waals surface area (Å²) in [6, 6.07) is 3.78. The Hall–Kier alpha value is -1.35. The van der Waals surface area contributed by atoms with Gasteiger partial charge in [-0.1, -0.05) is 6.42 Å². The van der Waals surface area contributed by atoms with Gasteiger partial charge in [-0.2, -0.15) is 0 Å². The number of rotatable bonds is 4. The van der Waals surface area contributed by atoms with Crippen molar-refractivity contribution in [3.8, 4) is 5.75 Å². The van der Waals surface area contributed by atoms with Crippen LogP contribution in [0, 0.1) is 19.3 Å². The fraction of sp³-hybridized carbons (Fsp3) is 0.533. The van der Waals surface area contributed by atoms with Crippen molar-refractivity contribution < 1.29 is 14.6 Å². The number of aliphatic hydroxyl groups is 1. The average molecular weight is 248 g/mol. The molecule has 0 radical (unpaired) electrons. The maximum Gasteiger partial charge on any atom is 0.171 e. The quantitative estimate of drug-likeness (QED) is 0.833. The highest BCUT2D eigenvalue weighted by molar-refractivity contribution is 6.02. The lowest BCUT2D eigenvalue weighted by molar-refractivity contribution is 0.0347. The summed E-state index contributed by atoms with van der Waals surface area (Å²) in [7, 11) is 1.63. The van der Waals surface area contributed by atoms with Gasteiger partial charge in [0.05, 0.1) is 19.1 Å². The number of hydrogen-bond acceptors (Lipinski definition) is 3. The van der Waals surface area contributed by atoms with Gasteiger partial charge in [0.1, 0.15) is 5.75 Å². The molecule has 1 aromatic carbocycles. The fourth-order valence-electron chi connectivity index (χ4n) is 2.60. The van der Waals surface area contributed by atoms with E-state index >= 15 is 0 Å². The molecule has 0 bridgehead atoms. The van der Waals surface area contributed by atoms with Crippen LogP contribution in [0.25, 0.3) is 0 Å². The summed E-state index contributed by atoms with van der Waals surface area (Å²) in [5.74, 6) is 0.884. The molecule has 1 N–H and O–H groups in total. The van der Waals surface area contributed by atoms with Gasteiger partial charge in [0, 0.05) is 5.56 Å². The third kappa shape index (κ3) is 1.93. The third-order valence-corrected chi connectivity index (χ3v) is 4.08. The second-order valence-electron chi connectivity index (χ2n) is 5.26. The molecule has 98 valence electrons. The largest absolute Gasteiger partial charge is 0.496 e. The molecule has 0 amide bonds. The highest BCUT2D eigenvalue weighted by Gasteiger charge is 2.44. The number of benzene rings is 1. The van der Waals surface area contributed by atoms with Crippen molar-refractivity contribution in [1.82, 2.24) is 0 Å². The number of methoxy groups -OCH3 is 1. The van der Waals surface area contributed by atoms with Crippen molar-refractivity contribution in [2.24, 2.45) is 5.41 Å². The predicted molar refractivity (Wildman–Crippen MR) is 70.2 cm³/mol. The lowest BCUT2D eigenvalue weighted by Crippen LogP contribution is -2.41. The van der Waals surface area contributed by atoms with E-state index in [4.69, 9.17) is 4.74 Å². The van der Waals surface area contributed by atoms with Crippen LogP contribution < -0.4 is 4.74 Å². The van der Waals surface area contributed by atoms with Gasteiger partial charge in [-0.15, -0.1) is 0 Å². The topological polar surface area (TPSA) is 46.5 Å². The summed E-state index contributed by atoms with van der Waals surface area (Å²) in [6.45, 7) is 3.80. The van der Waals surface area contributed by atoms with E-state index in [-0.39, 0.29) is 12.4 Å². The highest BCUT2D eigenvalue weighted by Crippen LogP contribution is 2.44. The maximum atomic E-state index is 12.6. The van der Waals surface area contributed by atoms with Gasteiger partial charge in [0.15, 0.2) is 5.78 Å². The van der Waals surface area contributed by atoms with Gasteiger partial charge in [0.25, 0.3) is 0 Å². The fourth-order valence-corrected chi connectivity index (χ4v) is 2.60. The first-order valence-corrected chi connectivity index (χ1v) is 6.35. The van der Waals surface area contributed by atoms with Crippen LogP contribution >= 0.6 is 0 Å². The molecular weight excluding hydrogens is 228 g/mol. The molecule has 1 saturated carbocycles. The Kier molecular flexibility index (Phi) is 3.44. The van der Waals surface area contributed by atoms with E-state index in [0.717, 1.165) is 41.7 Å². The molecule has 1 aliphatic carbocycles. The number of ketones is 1. The summed E-state index contributed by atoms with van der Waals surface area (Å²) < 4.78 is 5.25. The average Bonchev–Trinajstić information content (AvgIpc) is 2.30. The third-order valence-electron chi connectivity index (χ3n) is 4.08. The smallest absolute Gasteiger partial charge is 0.171 e. The summed E-state index contributed by atoms with van der Waals surface area (Å²) in [4.78, 5) is 12.6. The van der Waals surface area contributed by atoms with Crippen molar-refractivity contribution in [3.63, 3.8) is 0 Å². The minimum absolute atomic E-state index is 0.0453. The Labute approximate surface area is 108 Å². The van der Waals surface area contributed by atoms with E-state index in [2.05, 4.69) is 0 Å². The molecule has 0 aromatic heterocycles. The first kappa shape index (κ1) is 13.1. The number of ether oxygens (including phenoxy) is 1. The van der Waals surface area contributed by atoms with Gasteiger partial charge >= 0.3 is 0 Å². The number of hydrogen-bond donors (Lipinski definition) is 1. The van der Waals surface area contributed by atoms with Crippen molar-refractivity contribution in [1.29, 1.82) is 0 Å². The Balaban J connectivity index is 2.39. The lowest BCUT2D eigenvalue weighted by atomic mass is 9.64. The number of carbonyl (C=O) groups is 1. The molecule has 0 spiro atoms. The summed E-state index contributed by atoms with van der Waals surface area (Å²) in [5.41, 5.74) is 2.08. The van der Waals surface area contributed by atoms with Crippen molar-refractivity contribution in [3.05, 3.63) is 28.8 Å². The summed E-state index contributed by atoms with van der Waals surface area (Å²) >= 11 is 0. The minimum Gasteiger partial charge on any atom is -0.496 e. The van der Waals surface area contributed by atoms with Gasteiger partial charge in [-0.05, 0) is 49.9 Å². The normalized spacial score (nSPS) is 17.1. The van der Waals surface area contributed by atoms with E-state index < -0.39 is 5.41 Å². The minimum atomic E-state index is -0.522. The Morgan fingerprint density at radius 1 is 1.33 bits per heavy atom. The van der Waals surface area contributed by atoms with Gasteiger partial charge in [0.2, 0.25) is 0 Å². The Morgan fingerprint density at radius 3 is 2.44 bits per heavy atom. The van der Waals surface area contributed by atoms with Crippen LogP contribution in [0.3, 0.4) is 0 Å². The second kappa shape index (κ2) is 4.73. The summed E-state index contributed by atoms with van der Waals surface area (Å²) in [5, 5.41) is 9.48. The molecule has 0 saturated heterocycles. The van der Waals surface area contributed by atoms with Crippen LogP contribution in [0.5, 0.6) is 5.75 Å². The molecule has 3 heteroatoms. The van der Waals surface area contributed by atoms with E-state index in [0.29, 0.717) is 0 Å². The van der Waals surface area contributed by atoms with Crippen LogP contribution in [0.2, 0.25) is 0 Å². The zero-order chi connectivity index (χ0) is 13.3. The monoisotopic (exact) mass is 248 g/mol. The van der Waals surface area contributed by atoms with Crippen molar-refractivity contribution >= 4 is 5.78 Å². The Bertz CT molecular complexity index is 467. The SMILES string of the molecule is COc1cc(C)c(C(=O)C2(CO)CCC2)cc1C. The van der Waals surface area contributed by atoms with Gasteiger partial charge in [-0.25, -0.2) is 0 Å². The molecule has 1 fully saturated rings. The molecule has 3 nitrogen and oxygen atoms in total. The van der Waals surface area contributed by atoms with Crippen molar-refractivity contribution in [2.75, 3.05) is 13.7 Å². The molecule has 18 heavy (non-hydrogen) atoms. The number of Topliss-reactive ketones (excluding diaryl/α,β-unsaturated/α-hetero) is 1. The van der Waals surface area contributed by atoms with Crippen LogP contribution in [0.1, 0.15) is 40.7 Å². The molecule has 1 aromatic rings. The highest BCUT2D eigenvalue weighted by atomic mass is 16.5. The molecule has 1 aliphatic rings. The van der Waals surface area contributed by atoms with Crippen molar-refractivity contribution in [2.45, 2.75) is 33.1 Å². The van der Waals surface area contributed by atoms with Crippen LogP contribution in [0.15, 0.2) is 12.1 Å². The first-order valence-electron chi connectivity index (χ1n) is 6.35. The second-order valence-corrected chi connectivity index (χ2v) is 5.26. The predicted octanol–water partition coefficient (Wildman–Crippen LogP) is 2.66. The van der Waals surface area contributed by atoms with Crippen LogP contribution in [0.4, 0.5) is 0 Å². The number of aliphatic hydroxyl groups excluding tert-OH is 1. The van der Waals surface area contributed by atoms with E-state index in [1.54, 1.807) is 7.11 Å².